The third kappa shape index (κ3) is 4.20. The van der Waals surface area contributed by atoms with Crippen LogP contribution in [0.15, 0.2) is 48.5 Å². The molecule has 0 saturated carbocycles. The molecule has 0 aliphatic heterocycles. The Labute approximate surface area is 93.3 Å². The van der Waals surface area contributed by atoms with Crippen molar-refractivity contribution in [3.05, 3.63) is 48.5 Å². The van der Waals surface area contributed by atoms with E-state index < -0.39 is 15.7 Å². The molecule has 0 amide bonds. The van der Waals surface area contributed by atoms with Gasteiger partial charge in [0.15, 0.2) is 0 Å². The van der Waals surface area contributed by atoms with Gasteiger partial charge in [0.1, 0.15) is 0 Å². The van der Waals surface area contributed by atoms with Crippen molar-refractivity contribution in [2.75, 3.05) is 0 Å². The van der Waals surface area contributed by atoms with Gasteiger partial charge in [-0.2, -0.15) is 8.42 Å². The maximum Gasteiger partial charge on any atom is 0.325 e. The smallest absolute Gasteiger partial charge is 0.283 e. The molecule has 2 aromatic carbocycles. The van der Waals surface area contributed by atoms with Gasteiger partial charge in [0.25, 0.3) is 5.62 Å². The van der Waals surface area contributed by atoms with Gasteiger partial charge in [-0.15, -0.1) is 0 Å². The van der Waals surface area contributed by atoms with Crippen molar-refractivity contribution in [1.82, 2.24) is 0 Å². The summed E-state index contributed by atoms with van der Waals surface area (Å²) in [6.45, 7) is 0. The van der Waals surface area contributed by atoms with E-state index in [2.05, 4.69) is 48.5 Å². The Bertz CT molecular complexity index is 498. The lowest BCUT2D eigenvalue weighted by atomic mass is 10.1. The van der Waals surface area contributed by atoms with Crippen LogP contribution in [-0.4, -0.2) is 18.6 Å². The number of hydrogen-bond acceptors (Lipinski definition) is 3. The molecule has 0 bridgehead atoms. The van der Waals surface area contributed by atoms with E-state index in [0.717, 1.165) is 0 Å². The number of fused-ring (bicyclic) bond motifs is 1. The first kappa shape index (κ1) is 12.4. The molecule has 84 valence electrons. The molecule has 0 heterocycles. The molecule has 0 fully saturated rings. The van der Waals surface area contributed by atoms with Crippen molar-refractivity contribution in [2.45, 2.75) is 0 Å². The van der Waals surface area contributed by atoms with Crippen LogP contribution in [0.3, 0.4) is 0 Å². The molecule has 0 aliphatic rings. The maximum atomic E-state index is 9.19. The van der Waals surface area contributed by atoms with Crippen LogP contribution in [0.4, 0.5) is 0 Å². The summed E-state index contributed by atoms with van der Waals surface area (Å²) in [5, 5.41) is 2.62. The van der Waals surface area contributed by atoms with E-state index in [0.29, 0.717) is 0 Å². The molecule has 0 atom stereocenters. The second-order valence-electron chi connectivity index (χ2n) is 2.96. The summed E-state index contributed by atoms with van der Waals surface area (Å²) in [6, 6.07) is 16.7. The molecule has 16 heavy (non-hydrogen) atoms. The van der Waals surface area contributed by atoms with Gasteiger partial charge in [-0.1, -0.05) is 48.5 Å². The first-order valence-electron chi connectivity index (χ1n) is 4.39. The van der Waals surface area contributed by atoms with Crippen molar-refractivity contribution < 1.29 is 17.8 Å². The van der Waals surface area contributed by atoms with E-state index in [1.165, 1.54) is 10.8 Å². The molecule has 0 spiro atoms. The Kier molecular flexibility index (Phi) is 4.16. The third-order valence-electron chi connectivity index (χ3n) is 1.78. The Morgan fingerprint density at radius 2 is 1.12 bits per heavy atom. The largest absolute Gasteiger partial charge is 0.325 e. The lowest BCUT2D eigenvalue weighted by Crippen LogP contribution is -1.94. The third-order valence-corrected chi connectivity index (χ3v) is 2.02. The summed E-state index contributed by atoms with van der Waals surface area (Å²) in [5.74, 6) is 0. The minimum Gasteiger partial charge on any atom is -0.283 e. The van der Waals surface area contributed by atoms with E-state index in [1.807, 2.05) is 0 Å². The molecular weight excluding hydrogens is 228 g/mol. The zero-order valence-corrected chi connectivity index (χ0v) is 9.09. The first-order valence-corrected chi connectivity index (χ1v) is 5.90. The van der Waals surface area contributed by atoms with Crippen LogP contribution in [0.1, 0.15) is 0 Å². The van der Waals surface area contributed by atoms with Gasteiger partial charge in [0, 0.05) is 0 Å². The Balaban J connectivity index is 0.000000187. The second kappa shape index (κ2) is 5.39. The molecule has 0 aliphatic carbocycles. The quantitative estimate of drug-likeness (QED) is 0.608. The van der Waals surface area contributed by atoms with E-state index in [1.54, 1.807) is 0 Å². The first-order chi connectivity index (χ1) is 7.53. The fraction of sp³-hybridized carbons (Fsp3) is 0. The van der Waals surface area contributed by atoms with E-state index in [9.17, 15) is 8.42 Å². The lowest BCUT2D eigenvalue weighted by Gasteiger charge is -1.92. The normalized spacial score (nSPS) is 10.3. The van der Waals surface area contributed by atoms with Gasteiger partial charge in [0.05, 0.1) is 0 Å². The molecule has 1 N–H and O–H groups in total. The van der Waals surface area contributed by atoms with Crippen molar-refractivity contribution in [2.24, 2.45) is 0 Å². The SMILES string of the molecule is O=CS(=O)(=O)O.c1ccc2ccccc2c1. The van der Waals surface area contributed by atoms with Crippen LogP contribution >= 0.6 is 0 Å². The summed E-state index contributed by atoms with van der Waals surface area (Å²) in [4.78, 5) is 8.99. The summed E-state index contributed by atoms with van der Waals surface area (Å²) in [5.41, 5.74) is -0.535. The van der Waals surface area contributed by atoms with Crippen LogP contribution in [0.25, 0.3) is 10.8 Å². The fourth-order valence-electron chi connectivity index (χ4n) is 1.13. The fourth-order valence-corrected chi connectivity index (χ4v) is 1.13. The molecule has 5 heteroatoms. The van der Waals surface area contributed by atoms with Gasteiger partial charge < -0.3 is 0 Å². The minimum atomic E-state index is -4.34. The second-order valence-corrected chi connectivity index (χ2v) is 4.18. The number of carbonyl (C=O) groups excluding carboxylic acids is 1. The predicted molar refractivity (Wildman–Crippen MR) is 62.2 cm³/mol. The summed E-state index contributed by atoms with van der Waals surface area (Å²) >= 11 is 0. The van der Waals surface area contributed by atoms with E-state index in [-0.39, 0.29) is 0 Å². The average molecular weight is 238 g/mol. The highest BCUT2D eigenvalue weighted by molar-refractivity contribution is 7.99. The Morgan fingerprint density at radius 3 is 1.31 bits per heavy atom. The predicted octanol–water partition coefficient (Wildman–Crippen LogP) is 1.90. The van der Waals surface area contributed by atoms with Crippen molar-refractivity contribution >= 4 is 26.5 Å². The highest BCUT2D eigenvalue weighted by Gasteiger charge is 1.94. The van der Waals surface area contributed by atoms with Crippen LogP contribution in [0.5, 0.6) is 0 Å². The molecule has 2 rings (SSSR count). The highest BCUT2D eigenvalue weighted by Crippen LogP contribution is 2.11. The van der Waals surface area contributed by atoms with Gasteiger partial charge in [-0.25, -0.2) is 0 Å². The van der Waals surface area contributed by atoms with Crippen LogP contribution in [-0.2, 0) is 14.9 Å². The topological polar surface area (TPSA) is 71.4 Å². The van der Waals surface area contributed by atoms with Crippen molar-refractivity contribution in [3.8, 4) is 0 Å². The average Bonchev–Trinajstić information content (AvgIpc) is 2.29. The molecule has 0 unspecified atom stereocenters. The number of rotatable bonds is 1. The van der Waals surface area contributed by atoms with E-state index in [4.69, 9.17) is 9.35 Å². The van der Waals surface area contributed by atoms with Gasteiger partial charge in [-0.3, -0.25) is 9.35 Å². The van der Waals surface area contributed by atoms with Crippen LogP contribution in [0, 0.1) is 0 Å². The van der Waals surface area contributed by atoms with Crippen molar-refractivity contribution in [3.63, 3.8) is 0 Å². The van der Waals surface area contributed by atoms with Crippen LogP contribution in [0.2, 0.25) is 0 Å². The standard InChI is InChI=1S/C10H8.CH2O4S/c1-2-6-10-8-4-3-7-9(10)5-1;2-1-6(3,4)5/h1-8H;1H,(H,3,4,5). The zero-order valence-electron chi connectivity index (χ0n) is 8.28. The monoisotopic (exact) mass is 238 g/mol. The Hall–Kier alpha value is -1.72. The van der Waals surface area contributed by atoms with Crippen LogP contribution < -0.4 is 0 Å². The molecule has 0 saturated heterocycles. The summed E-state index contributed by atoms with van der Waals surface area (Å²) in [6.07, 6.45) is 0. The zero-order chi connectivity index (χ0) is 12.0. The molecule has 4 nitrogen and oxygen atoms in total. The maximum absolute atomic E-state index is 9.19. The van der Waals surface area contributed by atoms with Gasteiger partial charge in [0.2, 0.25) is 0 Å². The van der Waals surface area contributed by atoms with Gasteiger partial charge in [-0.05, 0) is 10.8 Å². The lowest BCUT2D eigenvalue weighted by molar-refractivity contribution is 0.487. The number of carbonyl (C=O) groups is 1. The highest BCUT2D eigenvalue weighted by atomic mass is 32.2. The number of hydrogen-bond donors (Lipinski definition) is 1. The molecule has 2 aromatic rings. The molecule has 0 radical (unpaired) electrons. The minimum absolute atomic E-state index is 0.535. The Morgan fingerprint density at radius 1 is 0.875 bits per heavy atom. The summed E-state index contributed by atoms with van der Waals surface area (Å²) in [7, 11) is -4.34. The van der Waals surface area contributed by atoms with E-state index >= 15 is 0 Å². The molecular formula is C11H10O4S. The van der Waals surface area contributed by atoms with Gasteiger partial charge >= 0.3 is 10.1 Å². The summed E-state index contributed by atoms with van der Waals surface area (Å²) < 4.78 is 25.8. The molecule has 0 aromatic heterocycles. The number of benzene rings is 2. The van der Waals surface area contributed by atoms with Crippen molar-refractivity contribution in [1.29, 1.82) is 0 Å².